The second kappa shape index (κ2) is 13.6. The van der Waals surface area contributed by atoms with Crippen LogP contribution in [0.25, 0.3) is 0 Å². The summed E-state index contributed by atoms with van der Waals surface area (Å²) in [7, 11) is 0. The van der Waals surface area contributed by atoms with Gasteiger partial charge in [0.25, 0.3) is 0 Å². The van der Waals surface area contributed by atoms with Crippen LogP contribution in [0.5, 0.6) is 5.75 Å². The number of carbonyl (C=O) groups excluding carboxylic acids is 1. The highest BCUT2D eigenvalue weighted by Gasteiger charge is 2.20. The third kappa shape index (κ3) is 10.4. The Bertz CT molecular complexity index is 487. The Morgan fingerprint density at radius 1 is 0.962 bits per heavy atom. The first-order valence-corrected chi connectivity index (χ1v) is 10.3. The van der Waals surface area contributed by atoms with Crippen LogP contribution in [0.3, 0.4) is 0 Å². The predicted octanol–water partition coefficient (Wildman–Crippen LogP) is 4.72. The predicted molar refractivity (Wildman–Crippen MR) is 107 cm³/mol. The normalized spacial score (nSPS) is 13.3. The minimum atomic E-state index is -0.544. The number of unbranched alkanes of at least 4 members (excludes halogenated alkanes) is 8. The summed E-state index contributed by atoms with van der Waals surface area (Å²) >= 11 is 0. The van der Waals surface area contributed by atoms with Gasteiger partial charge in [-0.05, 0) is 30.5 Å². The largest absolute Gasteiger partial charge is 0.508 e. The topological polar surface area (TPSA) is 69.6 Å². The average Bonchev–Trinajstić information content (AvgIpc) is 2.61. The first-order valence-electron chi connectivity index (χ1n) is 10.3. The maximum atomic E-state index is 11.5. The number of aromatic hydroxyl groups is 1. The van der Waals surface area contributed by atoms with E-state index in [1.807, 2.05) is 12.1 Å². The van der Waals surface area contributed by atoms with Gasteiger partial charge >= 0.3 is 0 Å². The lowest BCUT2D eigenvalue weighted by molar-refractivity contribution is -0.120. The highest BCUT2D eigenvalue weighted by atomic mass is 16.3. The second-order valence-electron chi connectivity index (χ2n) is 7.36. The van der Waals surface area contributed by atoms with Crippen LogP contribution >= 0.6 is 0 Å². The van der Waals surface area contributed by atoms with Crippen LogP contribution < -0.4 is 5.32 Å². The number of aliphatic hydroxyl groups excluding tert-OH is 1. The molecule has 2 atom stereocenters. The van der Waals surface area contributed by atoms with Crippen molar-refractivity contribution in [2.75, 3.05) is 0 Å². The van der Waals surface area contributed by atoms with E-state index in [-0.39, 0.29) is 17.7 Å². The van der Waals surface area contributed by atoms with E-state index in [4.69, 9.17) is 0 Å². The number of benzene rings is 1. The molecule has 0 bridgehead atoms. The Morgan fingerprint density at radius 3 is 2.04 bits per heavy atom. The van der Waals surface area contributed by atoms with Crippen molar-refractivity contribution in [3.8, 4) is 5.75 Å². The van der Waals surface area contributed by atoms with E-state index in [1.54, 1.807) is 12.1 Å². The summed E-state index contributed by atoms with van der Waals surface area (Å²) in [6.07, 6.45) is 12.0. The van der Waals surface area contributed by atoms with Crippen LogP contribution in [-0.4, -0.2) is 28.3 Å². The number of phenols is 1. The van der Waals surface area contributed by atoms with Gasteiger partial charge in [-0.2, -0.15) is 0 Å². The van der Waals surface area contributed by atoms with Gasteiger partial charge in [0.2, 0.25) is 5.91 Å². The number of phenolic OH excluding ortho intramolecular Hbond substituents is 1. The summed E-state index contributed by atoms with van der Waals surface area (Å²) in [5, 5.41) is 22.8. The molecule has 1 aromatic rings. The van der Waals surface area contributed by atoms with Crippen LogP contribution in [0.2, 0.25) is 0 Å². The van der Waals surface area contributed by atoms with Crippen molar-refractivity contribution in [2.24, 2.45) is 0 Å². The van der Waals surface area contributed by atoms with E-state index in [2.05, 4.69) is 12.2 Å². The molecule has 3 N–H and O–H groups in total. The maximum Gasteiger partial charge on any atom is 0.217 e. The van der Waals surface area contributed by atoms with Crippen molar-refractivity contribution in [2.45, 2.75) is 96.6 Å². The van der Waals surface area contributed by atoms with Crippen LogP contribution in [0.4, 0.5) is 0 Å². The molecule has 0 aliphatic heterocycles. The molecule has 1 amide bonds. The molecular formula is C22H37NO3. The molecule has 0 fully saturated rings. The standard InChI is InChI=1S/C22H37NO3/c1-3-4-5-6-7-8-9-10-11-12-22(26)21(23-18(2)24)17-19-13-15-20(25)16-14-19/h13-16,21-22,25-26H,3-12,17H2,1-2H3,(H,23,24). The molecule has 1 aromatic carbocycles. The SMILES string of the molecule is CCCCCCCCCCCC(O)C(Cc1ccc(O)cc1)NC(C)=O. The molecule has 4 heteroatoms. The molecule has 1 rings (SSSR count). The molecule has 0 aliphatic carbocycles. The van der Waals surface area contributed by atoms with Gasteiger partial charge in [0.05, 0.1) is 12.1 Å². The molecule has 0 saturated heterocycles. The minimum absolute atomic E-state index is 0.125. The van der Waals surface area contributed by atoms with Crippen molar-refractivity contribution in [1.82, 2.24) is 5.32 Å². The summed E-state index contributed by atoms with van der Waals surface area (Å²) < 4.78 is 0. The molecular weight excluding hydrogens is 326 g/mol. The molecule has 26 heavy (non-hydrogen) atoms. The molecule has 2 unspecified atom stereocenters. The quantitative estimate of drug-likeness (QED) is 0.419. The van der Waals surface area contributed by atoms with Crippen LogP contribution in [0.1, 0.15) is 83.6 Å². The van der Waals surface area contributed by atoms with E-state index in [0.29, 0.717) is 12.8 Å². The highest BCUT2D eigenvalue weighted by Crippen LogP contribution is 2.16. The van der Waals surface area contributed by atoms with Gasteiger partial charge in [-0.15, -0.1) is 0 Å². The zero-order valence-electron chi connectivity index (χ0n) is 16.5. The van der Waals surface area contributed by atoms with Crippen molar-refractivity contribution in [3.63, 3.8) is 0 Å². The fraction of sp³-hybridized carbons (Fsp3) is 0.682. The van der Waals surface area contributed by atoms with E-state index >= 15 is 0 Å². The lowest BCUT2D eigenvalue weighted by Gasteiger charge is -2.24. The van der Waals surface area contributed by atoms with Gasteiger partial charge in [0.1, 0.15) is 5.75 Å². The lowest BCUT2D eigenvalue weighted by Crippen LogP contribution is -2.43. The highest BCUT2D eigenvalue weighted by molar-refractivity contribution is 5.73. The first kappa shape index (κ1) is 22.5. The molecule has 0 aromatic heterocycles. The summed E-state index contributed by atoms with van der Waals surface area (Å²) in [5.41, 5.74) is 0.993. The van der Waals surface area contributed by atoms with Gasteiger partial charge < -0.3 is 15.5 Å². The Hall–Kier alpha value is -1.55. The number of amides is 1. The average molecular weight is 364 g/mol. The molecule has 0 spiro atoms. The fourth-order valence-corrected chi connectivity index (χ4v) is 3.30. The molecule has 0 aliphatic rings. The van der Waals surface area contributed by atoms with Gasteiger partial charge in [-0.3, -0.25) is 4.79 Å². The number of nitrogens with one attached hydrogen (secondary N) is 1. The third-order valence-electron chi connectivity index (χ3n) is 4.85. The molecule has 0 heterocycles. The summed E-state index contributed by atoms with van der Waals surface area (Å²) in [4.78, 5) is 11.5. The number of aliphatic hydroxyl groups is 1. The summed E-state index contributed by atoms with van der Waals surface area (Å²) in [5.74, 6) is 0.0972. The Balaban J connectivity index is 2.28. The van der Waals surface area contributed by atoms with Crippen LogP contribution in [0, 0.1) is 0 Å². The number of hydrogen-bond acceptors (Lipinski definition) is 3. The van der Waals surface area contributed by atoms with E-state index in [0.717, 1.165) is 18.4 Å². The van der Waals surface area contributed by atoms with Gasteiger partial charge in [-0.1, -0.05) is 76.8 Å². The molecule has 148 valence electrons. The molecule has 4 nitrogen and oxygen atoms in total. The fourth-order valence-electron chi connectivity index (χ4n) is 3.30. The first-order chi connectivity index (χ1) is 12.5. The zero-order valence-corrected chi connectivity index (χ0v) is 16.5. The Morgan fingerprint density at radius 2 is 1.50 bits per heavy atom. The van der Waals surface area contributed by atoms with Crippen molar-refractivity contribution < 1.29 is 15.0 Å². The summed E-state index contributed by atoms with van der Waals surface area (Å²) in [6, 6.07) is 6.64. The monoisotopic (exact) mass is 363 g/mol. The summed E-state index contributed by atoms with van der Waals surface area (Å²) in [6.45, 7) is 3.72. The van der Waals surface area contributed by atoms with Crippen molar-refractivity contribution in [3.05, 3.63) is 29.8 Å². The minimum Gasteiger partial charge on any atom is -0.508 e. The van der Waals surface area contributed by atoms with Gasteiger partial charge in [0.15, 0.2) is 0 Å². The number of rotatable bonds is 14. The number of carbonyl (C=O) groups is 1. The molecule has 0 saturated carbocycles. The van der Waals surface area contributed by atoms with Crippen molar-refractivity contribution in [1.29, 1.82) is 0 Å². The van der Waals surface area contributed by atoms with E-state index < -0.39 is 6.10 Å². The Kier molecular flexibility index (Phi) is 11.8. The van der Waals surface area contributed by atoms with Crippen molar-refractivity contribution >= 4 is 5.91 Å². The maximum absolute atomic E-state index is 11.5. The zero-order chi connectivity index (χ0) is 19.2. The van der Waals surface area contributed by atoms with Crippen LogP contribution in [-0.2, 0) is 11.2 Å². The number of hydrogen-bond donors (Lipinski definition) is 3. The van der Waals surface area contributed by atoms with Gasteiger partial charge in [-0.25, -0.2) is 0 Å². The lowest BCUT2D eigenvalue weighted by atomic mass is 9.96. The smallest absolute Gasteiger partial charge is 0.217 e. The third-order valence-corrected chi connectivity index (χ3v) is 4.85. The van der Waals surface area contributed by atoms with E-state index in [1.165, 1.54) is 51.9 Å². The van der Waals surface area contributed by atoms with Crippen LogP contribution in [0.15, 0.2) is 24.3 Å². The van der Waals surface area contributed by atoms with E-state index in [9.17, 15) is 15.0 Å². The molecule has 0 radical (unpaired) electrons. The Labute approximate surface area is 159 Å². The van der Waals surface area contributed by atoms with Gasteiger partial charge in [0, 0.05) is 6.92 Å². The second-order valence-corrected chi connectivity index (χ2v) is 7.36.